The molecule has 7 aliphatic heterocycles. The van der Waals surface area contributed by atoms with Gasteiger partial charge in [-0.3, -0.25) is 9.59 Å². The fraction of sp³-hybridized carbons (Fsp3) is 0.957. The van der Waals surface area contributed by atoms with Gasteiger partial charge in [0.1, 0.15) is 152 Å². The first-order chi connectivity index (χ1) is 38.7. The van der Waals surface area contributed by atoms with Gasteiger partial charge in [-0.1, -0.05) is 0 Å². The molecule has 7 fully saturated rings. The molecule has 35 nitrogen and oxygen atoms in total. The summed E-state index contributed by atoms with van der Waals surface area (Å²) in [5.74, 6) is -1.61. The summed E-state index contributed by atoms with van der Waals surface area (Å²) in [7, 11) is 1.17. The highest BCUT2D eigenvalue weighted by atomic mass is 16.8. The first kappa shape index (κ1) is 67.2. The molecule has 35 heteroatoms. The quantitative estimate of drug-likeness (QED) is 0.0571. The summed E-state index contributed by atoms with van der Waals surface area (Å²) < 4.78 is 83.5. The Morgan fingerprint density at radius 1 is 0.329 bits per heavy atom. The second kappa shape index (κ2) is 28.7. The molecular weight excluding hydrogens is 1120 g/mol. The van der Waals surface area contributed by atoms with Crippen molar-refractivity contribution in [1.82, 2.24) is 10.6 Å². The lowest BCUT2D eigenvalue weighted by atomic mass is 9.93. The molecule has 0 aromatic rings. The molecule has 19 N–H and O–H groups in total. The van der Waals surface area contributed by atoms with E-state index >= 15 is 0 Å². The lowest BCUT2D eigenvalue weighted by Crippen LogP contribution is -2.72. The zero-order valence-corrected chi connectivity index (χ0v) is 45.2. The summed E-state index contributed by atoms with van der Waals surface area (Å²) in [5, 5.41) is 191. The maximum Gasteiger partial charge on any atom is 0.217 e. The molecule has 35 unspecified atom stereocenters. The molecule has 476 valence electrons. The molecule has 0 aliphatic carbocycles. The normalized spacial score (nSPS) is 51.3. The van der Waals surface area contributed by atoms with Gasteiger partial charge >= 0.3 is 0 Å². The molecule has 7 saturated heterocycles. The monoisotopic (exact) mass is 1200 g/mol. The molecule has 0 radical (unpaired) electrons. The number of rotatable bonds is 19. The van der Waals surface area contributed by atoms with Crippen LogP contribution in [0.5, 0.6) is 0 Å². The van der Waals surface area contributed by atoms with E-state index in [1.807, 2.05) is 0 Å². The Morgan fingerprint density at radius 2 is 0.646 bits per heavy atom. The Morgan fingerprint density at radius 3 is 1.05 bits per heavy atom. The predicted molar refractivity (Wildman–Crippen MR) is 256 cm³/mol. The lowest BCUT2D eigenvalue weighted by Gasteiger charge is -2.52. The largest absolute Gasteiger partial charge is 0.394 e. The summed E-state index contributed by atoms with van der Waals surface area (Å²) in [6.07, 6.45) is -60.5. The topological polar surface area (TPSA) is 531 Å². The Hall–Kier alpha value is -2.30. The summed E-state index contributed by atoms with van der Waals surface area (Å²) in [4.78, 5) is 26.0. The molecular formula is C47H80N2O33. The number of hydrogen-bond acceptors (Lipinski definition) is 33. The van der Waals surface area contributed by atoms with E-state index in [0.717, 1.165) is 13.8 Å². The molecule has 7 aliphatic rings. The van der Waals surface area contributed by atoms with Crippen LogP contribution >= 0.6 is 0 Å². The van der Waals surface area contributed by atoms with Gasteiger partial charge in [-0.15, -0.1) is 0 Å². The number of nitrogens with one attached hydrogen (secondary N) is 2. The smallest absolute Gasteiger partial charge is 0.217 e. The maximum absolute atomic E-state index is 13.3. The molecule has 0 aromatic heterocycles. The second-order valence-corrected chi connectivity index (χ2v) is 21.2. The Kier molecular flexibility index (Phi) is 23.5. The molecule has 82 heavy (non-hydrogen) atoms. The van der Waals surface area contributed by atoms with Crippen LogP contribution in [0.2, 0.25) is 0 Å². The van der Waals surface area contributed by atoms with E-state index < -0.39 is 253 Å². The van der Waals surface area contributed by atoms with Crippen LogP contribution in [-0.4, -0.2) is 347 Å². The predicted octanol–water partition coefficient (Wildman–Crippen LogP) is -12.3. The first-order valence-electron chi connectivity index (χ1n) is 26.6. The fourth-order valence-electron chi connectivity index (χ4n) is 10.8. The number of aliphatic hydroxyl groups excluding tert-OH is 17. The summed E-state index contributed by atoms with van der Waals surface area (Å²) >= 11 is 0. The van der Waals surface area contributed by atoms with Crippen molar-refractivity contribution in [3.63, 3.8) is 0 Å². The van der Waals surface area contributed by atoms with Crippen molar-refractivity contribution >= 4 is 11.8 Å². The van der Waals surface area contributed by atoms with Crippen LogP contribution < -0.4 is 10.6 Å². The van der Waals surface area contributed by atoms with Crippen molar-refractivity contribution in [2.24, 2.45) is 0 Å². The van der Waals surface area contributed by atoms with Crippen molar-refractivity contribution in [2.75, 3.05) is 33.5 Å². The van der Waals surface area contributed by atoms with Crippen LogP contribution in [-0.2, 0) is 75.9 Å². The SMILES string of the molecule is COC1OC(CO)C(OC2OC(CO)C(O)C(OC3OC(CO)C(OC4OC(CO)C(O)C(O)C4OC4OC(C)C(O)C(O)C4O)C(OC4OC(C)C(O)C(O)C4O)C3NC(C)=O)C2O)C(OC2OC(C)C(O)C(O)C2O)C1NC(C)=O. The zero-order valence-electron chi connectivity index (χ0n) is 45.2. The van der Waals surface area contributed by atoms with E-state index in [1.54, 1.807) is 0 Å². The molecule has 0 aromatic carbocycles. The van der Waals surface area contributed by atoms with Crippen LogP contribution in [0.25, 0.3) is 0 Å². The van der Waals surface area contributed by atoms with E-state index in [0.29, 0.717) is 0 Å². The number of ether oxygens (including phenoxy) is 14. The van der Waals surface area contributed by atoms with Crippen molar-refractivity contribution in [1.29, 1.82) is 0 Å². The molecule has 2 amide bonds. The summed E-state index contributed by atoms with van der Waals surface area (Å²) in [5.41, 5.74) is 0. The van der Waals surface area contributed by atoms with E-state index in [2.05, 4.69) is 10.6 Å². The van der Waals surface area contributed by atoms with Crippen molar-refractivity contribution < 1.29 is 163 Å². The highest BCUT2D eigenvalue weighted by Crippen LogP contribution is 2.39. The fourth-order valence-corrected chi connectivity index (χ4v) is 10.8. The molecule has 0 bridgehead atoms. The van der Waals surface area contributed by atoms with E-state index in [1.165, 1.54) is 27.9 Å². The minimum atomic E-state index is -2.27. The zero-order chi connectivity index (χ0) is 60.5. The second-order valence-electron chi connectivity index (χ2n) is 21.2. The van der Waals surface area contributed by atoms with Crippen LogP contribution in [0, 0.1) is 0 Å². The third kappa shape index (κ3) is 14.2. The van der Waals surface area contributed by atoms with Gasteiger partial charge in [-0.25, -0.2) is 0 Å². The number of carbonyl (C=O) groups excluding carboxylic acids is 2. The maximum atomic E-state index is 13.3. The van der Waals surface area contributed by atoms with Crippen molar-refractivity contribution in [3.05, 3.63) is 0 Å². The highest BCUT2D eigenvalue weighted by molar-refractivity contribution is 5.73. The van der Waals surface area contributed by atoms with Crippen LogP contribution in [0.1, 0.15) is 34.6 Å². The Labute approximate surface area is 467 Å². The van der Waals surface area contributed by atoms with Gasteiger partial charge in [0.25, 0.3) is 0 Å². The average Bonchev–Trinajstić information content (AvgIpc) is 3.46. The minimum absolute atomic E-state index is 0.702. The van der Waals surface area contributed by atoms with Crippen LogP contribution in [0.4, 0.5) is 0 Å². The van der Waals surface area contributed by atoms with Gasteiger partial charge in [0.05, 0.1) is 44.7 Å². The van der Waals surface area contributed by atoms with Gasteiger partial charge in [0.2, 0.25) is 11.8 Å². The Bertz CT molecular complexity index is 2030. The summed E-state index contributed by atoms with van der Waals surface area (Å²) in [6.45, 7) is 1.96. The molecule has 7 rings (SSSR count). The van der Waals surface area contributed by atoms with E-state index in [4.69, 9.17) is 66.3 Å². The van der Waals surface area contributed by atoms with Crippen LogP contribution in [0.3, 0.4) is 0 Å². The molecule has 7 heterocycles. The third-order valence-electron chi connectivity index (χ3n) is 15.4. The van der Waals surface area contributed by atoms with Gasteiger partial charge in [-0.05, 0) is 20.8 Å². The van der Waals surface area contributed by atoms with Gasteiger partial charge in [0.15, 0.2) is 44.0 Å². The third-order valence-corrected chi connectivity index (χ3v) is 15.4. The van der Waals surface area contributed by atoms with E-state index in [-0.39, 0.29) is 0 Å². The number of amides is 2. The van der Waals surface area contributed by atoms with Crippen LogP contribution in [0.15, 0.2) is 0 Å². The Balaban J connectivity index is 1.25. The number of aliphatic hydroxyl groups is 17. The van der Waals surface area contributed by atoms with Crippen molar-refractivity contribution in [2.45, 2.75) is 249 Å². The standard InChI is InChI=1S/C47H80N2O33/c1-11-22(56)27(61)31(65)43(70-11)79-37-20(48-14(4)54)41(69-6)75-18(9-52)35(37)77-46-34(68)39(26(60)17(8-51)73-46)81-42-21(49-15(5)55)38(80-44-32(66)28(62)23(57)12(2)71-44)36(19(10-53)76-42)78-47-40(30(64)25(59)16(7-50)74-47)82-45-33(67)29(63)24(58)13(3)72-45/h11-13,16-47,50-53,56-68H,7-10H2,1-6H3,(H,48,54)(H,49,55). The first-order valence-corrected chi connectivity index (χ1v) is 26.6. The summed E-state index contributed by atoms with van der Waals surface area (Å²) in [6, 6.07) is -3.33. The molecule has 0 saturated carbocycles. The van der Waals surface area contributed by atoms with Crippen molar-refractivity contribution in [3.8, 4) is 0 Å². The number of hydrogen-bond donors (Lipinski definition) is 19. The molecule has 35 atom stereocenters. The molecule has 0 spiro atoms. The number of carbonyl (C=O) groups is 2. The van der Waals surface area contributed by atoms with E-state index in [9.17, 15) is 96.4 Å². The van der Waals surface area contributed by atoms with Gasteiger partial charge < -0.3 is 164 Å². The van der Waals surface area contributed by atoms with Gasteiger partial charge in [0, 0.05) is 21.0 Å². The average molecular weight is 1200 g/mol. The lowest BCUT2D eigenvalue weighted by molar-refractivity contribution is -0.402. The highest BCUT2D eigenvalue weighted by Gasteiger charge is 2.60. The van der Waals surface area contributed by atoms with Gasteiger partial charge in [-0.2, -0.15) is 0 Å². The number of methoxy groups -OCH3 is 1. The minimum Gasteiger partial charge on any atom is -0.394 e.